The molecule has 1 heterocycles. The lowest BCUT2D eigenvalue weighted by molar-refractivity contribution is -0.147. The lowest BCUT2D eigenvalue weighted by atomic mass is 10.2. The lowest BCUT2D eigenvalue weighted by Gasteiger charge is -2.13. The molecule has 128 valence electrons. The fraction of sp³-hybridized carbons (Fsp3) is 0.333. The number of amides is 1. The van der Waals surface area contributed by atoms with Crippen LogP contribution in [0.5, 0.6) is 0 Å². The van der Waals surface area contributed by atoms with Gasteiger partial charge in [-0.3, -0.25) is 9.59 Å². The van der Waals surface area contributed by atoms with Crippen LogP contribution in [-0.2, 0) is 20.7 Å². The molecule has 0 saturated heterocycles. The third-order valence-corrected chi connectivity index (χ3v) is 4.35. The van der Waals surface area contributed by atoms with Crippen LogP contribution >= 0.6 is 11.3 Å². The zero-order chi connectivity index (χ0) is 17.4. The fourth-order valence-electron chi connectivity index (χ4n) is 2.12. The second-order valence-electron chi connectivity index (χ2n) is 5.58. The van der Waals surface area contributed by atoms with Crippen molar-refractivity contribution in [1.29, 1.82) is 0 Å². The van der Waals surface area contributed by atoms with Crippen molar-refractivity contribution in [3.8, 4) is 0 Å². The number of carbonyl (C=O) groups is 2. The number of thiophene rings is 1. The summed E-state index contributed by atoms with van der Waals surface area (Å²) in [5.74, 6) is -0.677. The van der Waals surface area contributed by atoms with E-state index >= 15 is 0 Å². The molecule has 1 N–H and O–H groups in total. The number of benzene rings is 1. The minimum atomic E-state index is -0.343. The molecule has 2 rings (SSSR count). The Morgan fingerprint density at radius 3 is 2.54 bits per heavy atom. The first-order valence-electron chi connectivity index (χ1n) is 7.80. The van der Waals surface area contributed by atoms with Gasteiger partial charge in [-0.15, -0.1) is 11.3 Å². The Hall–Kier alpha value is -2.34. The highest BCUT2D eigenvalue weighted by Gasteiger charge is 2.08. The summed E-state index contributed by atoms with van der Waals surface area (Å²) in [5.41, 5.74) is 1.73. The molecule has 2 aromatic rings. The minimum absolute atomic E-state index is 0.257. The third-order valence-electron chi connectivity index (χ3n) is 3.42. The molecule has 0 saturated carbocycles. The zero-order valence-electron chi connectivity index (χ0n) is 14.0. The Morgan fingerprint density at radius 2 is 1.92 bits per heavy atom. The highest BCUT2D eigenvalue weighted by molar-refractivity contribution is 7.09. The topological polar surface area (TPSA) is 58.6 Å². The molecule has 5 nitrogen and oxygen atoms in total. The molecule has 0 unspecified atom stereocenters. The molecule has 0 bridgehead atoms. The number of carbonyl (C=O) groups excluding carboxylic acids is 2. The molecule has 6 heteroatoms. The quantitative estimate of drug-likeness (QED) is 0.745. The summed E-state index contributed by atoms with van der Waals surface area (Å²) in [5, 5.41) is 4.73. The third kappa shape index (κ3) is 6.04. The lowest BCUT2D eigenvalue weighted by Crippen LogP contribution is -2.20. The standard InChI is InChI=1S/C18H22N2O3S/c1-20(2)15-10-8-14(9-11-15)19-17(21)13-23-18(22)7-3-5-16-6-4-12-24-16/h4,6,8-12H,3,5,7,13H2,1-2H3,(H,19,21). The smallest absolute Gasteiger partial charge is 0.306 e. The van der Waals surface area contributed by atoms with Gasteiger partial charge in [0, 0.05) is 36.8 Å². The van der Waals surface area contributed by atoms with Crippen molar-refractivity contribution >= 4 is 34.6 Å². The van der Waals surface area contributed by atoms with Crippen molar-refractivity contribution in [3.05, 3.63) is 46.7 Å². The number of hydrogen-bond donors (Lipinski definition) is 1. The molecule has 0 atom stereocenters. The van der Waals surface area contributed by atoms with Crippen molar-refractivity contribution in [1.82, 2.24) is 0 Å². The van der Waals surface area contributed by atoms with Gasteiger partial charge in [0.25, 0.3) is 5.91 Å². The number of ether oxygens (including phenoxy) is 1. The summed E-state index contributed by atoms with van der Waals surface area (Å²) in [6, 6.07) is 11.5. The summed E-state index contributed by atoms with van der Waals surface area (Å²) in [6.45, 7) is -0.257. The predicted molar refractivity (Wildman–Crippen MR) is 97.6 cm³/mol. The maximum absolute atomic E-state index is 11.8. The van der Waals surface area contributed by atoms with Gasteiger partial charge in [-0.25, -0.2) is 0 Å². The first kappa shape index (κ1) is 18.0. The van der Waals surface area contributed by atoms with E-state index in [9.17, 15) is 9.59 Å². The number of nitrogens with one attached hydrogen (secondary N) is 1. The van der Waals surface area contributed by atoms with Crippen LogP contribution < -0.4 is 10.2 Å². The normalized spacial score (nSPS) is 10.2. The fourth-order valence-corrected chi connectivity index (χ4v) is 2.87. The van der Waals surface area contributed by atoms with Crippen molar-refractivity contribution in [2.45, 2.75) is 19.3 Å². The van der Waals surface area contributed by atoms with Crippen LogP contribution in [0.3, 0.4) is 0 Å². The maximum Gasteiger partial charge on any atom is 0.306 e. The van der Waals surface area contributed by atoms with E-state index in [2.05, 4.69) is 5.32 Å². The van der Waals surface area contributed by atoms with E-state index in [0.717, 1.165) is 18.5 Å². The van der Waals surface area contributed by atoms with Gasteiger partial charge in [0.05, 0.1) is 0 Å². The number of anilines is 2. The minimum Gasteiger partial charge on any atom is -0.456 e. The first-order valence-corrected chi connectivity index (χ1v) is 8.68. The van der Waals surface area contributed by atoms with E-state index in [1.165, 1.54) is 4.88 Å². The van der Waals surface area contributed by atoms with Crippen LogP contribution in [0, 0.1) is 0 Å². The number of rotatable bonds is 8. The van der Waals surface area contributed by atoms with Gasteiger partial charge in [0.1, 0.15) is 0 Å². The van der Waals surface area contributed by atoms with Crippen molar-refractivity contribution < 1.29 is 14.3 Å². The van der Waals surface area contributed by atoms with Crippen molar-refractivity contribution in [3.63, 3.8) is 0 Å². The summed E-state index contributed by atoms with van der Waals surface area (Å²) >= 11 is 1.68. The molecule has 24 heavy (non-hydrogen) atoms. The van der Waals surface area contributed by atoms with Crippen LogP contribution in [0.25, 0.3) is 0 Å². The first-order chi connectivity index (χ1) is 11.5. The number of esters is 1. The molecular formula is C18H22N2O3S. The Balaban J connectivity index is 1.65. The molecule has 1 aromatic heterocycles. The second kappa shape index (κ2) is 9.08. The summed E-state index contributed by atoms with van der Waals surface area (Å²) in [7, 11) is 3.90. The Bertz CT molecular complexity index is 651. The highest BCUT2D eigenvalue weighted by atomic mass is 32.1. The molecule has 0 radical (unpaired) electrons. The van der Waals surface area contributed by atoms with Gasteiger partial charge in [-0.2, -0.15) is 0 Å². The monoisotopic (exact) mass is 346 g/mol. The zero-order valence-corrected chi connectivity index (χ0v) is 14.8. The molecule has 0 spiro atoms. The SMILES string of the molecule is CN(C)c1ccc(NC(=O)COC(=O)CCCc2cccs2)cc1. The predicted octanol–water partition coefficient (Wildman–Crippen LogP) is 3.32. The molecule has 0 aliphatic rings. The van der Waals surface area contributed by atoms with E-state index < -0.39 is 0 Å². The summed E-state index contributed by atoms with van der Waals surface area (Å²) < 4.78 is 5.00. The Morgan fingerprint density at radius 1 is 1.17 bits per heavy atom. The average Bonchev–Trinajstić information content (AvgIpc) is 3.07. The summed E-state index contributed by atoms with van der Waals surface area (Å²) in [4.78, 5) is 26.7. The van der Waals surface area contributed by atoms with Crippen LogP contribution in [-0.4, -0.2) is 32.6 Å². The van der Waals surface area contributed by atoms with Crippen molar-refractivity contribution in [2.75, 3.05) is 30.9 Å². The van der Waals surface area contributed by atoms with Crippen LogP contribution in [0.2, 0.25) is 0 Å². The van der Waals surface area contributed by atoms with Gasteiger partial charge < -0.3 is 15.0 Å². The Labute approximate surface area is 146 Å². The number of nitrogens with zero attached hydrogens (tertiary/aromatic N) is 1. The second-order valence-corrected chi connectivity index (χ2v) is 6.62. The van der Waals surface area contributed by atoms with Gasteiger partial charge in [-0.05, 0) is 48.6 Å². The van der Waals surface area contributed by atoms with E-state index in [-0.39, 0.29) is 18.5 Å². The molecule has 0 aliphatic carbocycles. The highest BCUT2D eigenvalue weighted by Crippen LogP contribution is 2.15. The molecule has 0 fully saturated rings. The average molecular weight is 346 g/mol. The molecule has 1 aromatic carbocycles. The molecule has 0 aliphatic heterocycles. The molecular weight excluding hydrogens is 324 g/mol. The summed E-state index contributed by atoms with van der Waals surface area (Å²) in [6.07, 6.45) is 1.91. The van der Waals surface area contributed by atoms with Crippen LogP contribution in [0.1, 0.15) is 17.7 Å². The number of aryl methyl sites for hydroxylation is 1. The van der Waals surface area contributed by atoms with E-state index in [1.807, 2.05) is 60.8 Å². The van der Waals surface area contributed by atoms with Gasteiger partial charge in [0.15, 0.2) is 6.61 Å². The Kier molecular flexibility index (Phi) is 6.81. The number of hydrogen-bond acceptors (Lipinski definition) is 5. The maximum atomic E-state index is 11.8. The van der Waals surface area contributed by atoms with Gasteiger partial charge in [-0.1, -0.05) is 6.07 Å². The van der Waals surface area contributed by atoms with E-state index in [1.54, 1.807) is 11.3 Å². The van der Waals surface area contributed by atoms with Crippen LogP contribution in [0.15, 0.2) is 41.8 Å². The largest absolute Gasteiger partial charge is 0.456 e. The van der Waals surface area contributed by atoms with E-state index in [0.29, 0.717) is 12.1 Å². The van der Waals surface area contributed by atoms with Crippen molar-refractivity contribution in [2.24, 2.45) is 0 Å². The van der Waals surface area contributed by atoms with Gasteiger partial charge in [0.2, 0.25) is 0 Å². The van der Waals surface area contributed by atoms with E-state index in [4.69, 9.17) is 4.74 Å². The molecule has 1 amide bonds. The van der Waals surface area contributed by atoms with Crippen LogP contribution in [0.4, 0.5) is 11.4 Å². The van der Waals surface area contributed by atoms with Gasteiger partial charge >= 0.3 is 5.97 Å².